The Morgan fingerprint density at radius 1 is 1.04 bits per heavy atom. The van der Waals surface area contributed by atoms with E-state index in [0.717, 1.165) is 0 Å². The summed E-state index contributed by atoms with van der Waals surface area (Å²) in [4.78, 5) is 38.5. The van der Waals surface area contributed by atoms with Crippen molar-refractivity contribution >= 4 is 58.2 Å². The number of carbonyl (C=O) groups excluding carboxylic acids is 3. The molecule has 3 rings (SSSR count). The molecule has 146 valence electrons. The van der Waals surface area contributed by atoms with Gasteiger partial charge in [0.25, 0.3) is 5.91 Å². The molecular formula is C19H16Cl3N3O3. The number of nitrogens with two attached hydrogens (primary N) is 1. The number of primary amides is 1. The summed E-state index contributed by atoms with van der Waals surface area (Å²) in [5.74, 6) is -1.42. The number of hydrogen-bond acceptors (Lipinski definition) is 3. The topological polar surface area (TPSA) is 92.5 Å². The number of likely N-dealkylation sites (tertiary alicyclic amines) is 1. The maximum Gasteiger partial charge on any atom is 0.256 e. The summed E-state index contributed by atoms with van der Waals surface area (Å²) in [7, 11) is 0. The molecule has 1 heterocycles. The van der Waals surface area contributed by atoms with Gasteiger partial charge in [0.1, 0.15) is 6.04 Å². The molecule has 0 bridgehead atoms. The lowest BCUT2D eigenvalue weighted by Crippen LogP contribution is -2.43. The Balaban J connectivity index is 1.82. The van der Waals surface area contributed by atoms with Crippen LogP contribution in [0.25, 0.3) is 0 Å². The van der Waals surface area contributed by atoms with Gasteiger partial charge in [0.15, 0.2) is 0 Å². The average molecular weight is 441 g/mol. The van der Waals surface area contributed by atoms with Crippen molar-refractivity contribution in [2.45, 2.75) is 18.9 Å². The highest BCUT2D eigenvalue weighted by Crippen LogP contribution is 2.28. The quantitative estimate of drug-likeness (QED) is 0.753. The molecule has 1 atom stereocenters. The summed E-state index contributed by atoms with van der Waals surface area (Å²) in [6.07, 6.45) is 1.15. The van der Waals surface area contributed by atoms with Gasteiger partial charge in [-0.2, -0.15) is 0 Å². The lowest BCUT2D eigenvalue weighted by molar-refractivity contribution is -0.119. The number of halogens is 3. The van der Waals surface area contributed by atoms with Gasteiger partial charge < -0.3 is 16.0 Å². The monoisotopic (exact) mass is 439 g/mol. The van der Waals surface area contributed by atoms with Gasteiger partial charge >= 0.3 is 0 Å². The maximum absolute atomic E-state index is 12.9. The lowest BCUT2D eigenvalue weighted by Gasteiger charge is -2.24. The van der Waals surface area contributed by atoms with Crippen LogP contribution in [0.3, 0.4) is 0 Å². The summed E-state index contributed by atoms with van der Waals surface area (Å²) >= 11 is 18.2. The molecule has 0 spiro atoms. The molecule has 0 aromatic heterocycles. The molecule has 6 nitrogen and oxygen atoms in total. The third-order valence-electron chi connectivity index (χ3n) is 4.48. The Bertz CT molecular complexity index is 965. The van der Waals surface area contributed by atoms with E-state index in [1.165, 1.54) is 35.2 Å². The van der Waals surface area contributed by atoms with Crippen molar-refractivity contribution in [3.63, 3.8) is 0 Å². The van der Waals surface area contributed by atoms with Gasteiger partial charge in [-0.3, -0.25) is 14.4 Å². The highest BCUT2D eigenvalue weighted by molar-refractivity contribution is 6.36. The highest BCUT2D eigenvalue weighted by Gasteiger charge is 2.35. The molecule has 0 aliphatic carbocycles. The van der Waals surface area contributed by atoms with Crippen LogP contribution in [0.2, 0.25) is 15.1 Å². The molecule has 3 N–H and O–H groups in total. The van der Waals surface area contributed by atoms with Crippen molar-refractivity contribution in [2.75, 3.05) is 11.9 Å². The second-order valence-electron chi connectivity index (χ2n) is 6.33. The van der Waals surface area contributed by atoms with E-state index in [2.05, 4.69) is 5.32 Å². The minimum atomic E-state index is -0.698. The average Bonchev–Trinajstić information content (AvgIpc) is 3.14. The van der Waals surface area contributed by atoms with Crippen LogP contribution in [0.1, 0.15) is 33.6 Å². The second-order valence-corrected chi connectivity index (χ2v) is 7.58. The first-order chi connectivity index (χ1) is 13.3. The van der Waals surface area contributed by atoms with Crippen molar-refractivity contribution in [1.29, 1.82) is 0 Å². The minimum absolute atomic E-state index is 0.213. The van der Waals surface area contributed by atoms with Crippen molar-refractivity contribution in [1.82, 2.24) is 4.90 Å². The molecule has 2 aromatic rings. The summed E-state index contributed by atoms with van der Waals surface area (Å²) in [6, 6.07) is 8.24. The van der Waals surface area contributed by atoms with E-state index in [0.29, 0.717) is 24.4 Å². The second kappa shape index (κ2) is 8.39. The fourth-order valence-electron chi connectivity index (χ4n) is 3.09. The number of nitrogens with zero attached hydrogens (tertiary/aromatic N) is 1. The first kappa shape index (κ1) is 20.5. The molecule has 1 fully saturated rings. The van der Waals surface area contributed by atoms with Crippen LogP contribution in [-0.4, -0.2) is 35.2 Å². The first-order valence-corrected chi connectivity index (χ1v) is 9.57. The van der Waals surface area contributed by atoms with E-state index >= 15 is 0 Å². The van der Waals surface area contributed by atoms with Crippen LogP contribution in [-0.2, 0) is 4.79 Å². The zero-order valence-electron chi connectivity index (χ0n) is 14.5. The van der Waals surface area contributed by atoms with Gasteiger partial charge in [-0.15, -0.1) is 0 Å². The number of carbonyl (C=O) groups is 3. The normalized spacial score (nSPS) is 16.1. The largest absolute Gasteiger partial charge is 0.366 e. The fraction of sp³-hybridized carbons (Fsp3) is 0.211. The Kier molecular flexibility index (Phi) is 6.13. The molecule has 0 radical (unpaired) electrons. The number of hydrogen-bond donors (Lipinski definition) is 2. The summed E-state index contributed by atoms with van der Waals surface area (Å²) in [6.45, 7) is 0.412. The molecule has 2 aromatic carbocycles. The Hall–Kier alpha value is -2.28. The van der Waals surface area contributed by atoms with E-state index in [9.17, 15) is 14.4 Å². The van der Waals surface area contributed by atoms with Crippen LogP contribution in [0.5, 0.6) is 0 Å². The van der Waals surface area contributed by atoms with E-state index in [4.69, 9.17) is 40.5 Å². The molecule has 0 saturated carbocycles. The third kappa shape index (κ3) is 4.24. The van der Waals surface area contributed by atoms with Crippen LogP contribution in [0.15, 0.2) is 36.4 Å². The highest BCUT2D eigenvalue weighted by atomic mass is 35.5. The maximum atomic E-state index is 12.9. The molecule has 1 unspecified atom stereocenters. The molecule has 9 heteroatoms. The first-order valence-electron chi connectivity index (χ1n) is 8.44. The summed E-state index contributed by atoms with van der Waals surface area (Å²) < 4.78 is 0. The zero-order chi connectivity index (χ0) is 20.4. The number of amides is 3. The molecular weight excluding hydrogens is 425 g/mol. The van der Waals surface area contributed by atoms with E-state index in [1.54, 1.807) is 6.07 Å². The SMILES string of the molecule is NC(=O)c1ccc(Cl)c(NC(=O)C2CCCN2C(=O)c2cc(Cl)ccc2Cl)c1. The van der Waals surface area contributed by atoms with Crippen LogP contribution in [0.4, 0.5) is 5.69 Å². The van der Waals surface area contributed by atoms with Gasteiger partial charge in [-0.1, -0.05) is 34.8 Å². The van der Waals surface area contributed by atoms with Gasteiger partial charge in [-0.25, -0.2) is 0 Å². The molecule has 1 aliphatic rings. The van der Waals surface area contributed by atoms with Gasteiger partial charge in [0, 0.05) is 17.1 Å². The fourth-order valence-corrected chi connectivity index (χ4v) is 3.62. The smallest absolute Gasteiger partial charge is 0.256 e. The van der Waals surface area contributed by atoms with Crippen molar-refractivity contribution in [3.8, 4) is 0 Å². The lowest BCUT2D eigenvalue weighted by atomic mass is 10.1. The van der Waals surface area contributed by atoms with Crippen molar-refractivity contribution in [3.05, 3.63) is 62.6 Å². The van der Waals surface area contributed by atoms with Gasteiger partial charge in [0.2, 0.25) is 11.8 Å². The summed E-state index contributed by atoms with van der Waals surface area (Å²) in [5.41, 5.74) is 5.97. The predicted molar refractivity (Wildman–Crippen MR) is 109 cm³/mol. The molecule has 28 heavy (non-hydrogen) atoms. The van der Waals surface area contributed by atoms with Crippen molar-refractivity contribution in [2.24, 2.45) is 5.73 Å². The third-order valence-corrected chi connectivity index (χ3v) is 5.38. The van der Waals surface area contributed by atoms with Gasteiger partial charge in [0.05, 0.1) is 21.3 Å². The van der Waals surface area contributed by atoms with Crippen LogP contribution >= 0.6 is 34.8 Å². The number of nitrogens with one attached hydrogen (secondary N) is 1. The minimum Gasteiger partial charge on any atom is -0.366 e. The Morgan fingerprint density at radius 2 is 1.75 bits per heavy atom. The molecule has 3 amide bonds. The van der Waals surface area contributed by atoms with Crippen molar-refractivity contribution < 1.29 is 14.4 Å². The zero-order valence-corrected chi connectivity index (χ0v) is 16.8. The molecule has 1 aliphatic heterocycles. The Labute approximate surface area is 176 Å². The standard InChI is InChI=1S/C19H16Cl3N3O3/c20-11-4-6-13(21)12(9-11)19(28)25-7-1-2-16(25)18(27)24-15-8-10(17(23)26)3-5-14(15)22/h3-6,8-9,16H,1-2,7H2,(H2,23,26)(H,24,27). The van der Waals surface area contributed by atoms with Gasteiger partial charge in [-0.05, 0) is 49.2 Å². The number of benzene rings is 2. The van der Waals surface area contributed by atoms with E-state index in [1.807, 2.05) is 0 Å². The van der Waals surface area contributed by atoms with E-state index < -0.39 is 17.9 Å². The Morgan fingerprint density at radius 3 is 2.46 bits per heavy atom. The predicted octanol–water partition coefficient (Wildman–Crippen LogP) is 3.99. The summed E-state index contributed by atoms with van der Waals surface area (Å²) in [5, 5.41) is 3.57. The number of anilines is 1. The van der Waals surface area contributed by atoms with Crippen LogP contribution in [0, 0.1) is 0 Å². The van der Waals surface area contributed by atoms with Crippen LogP contribution < -0.4 is 11.1 Å². The number of rotatable bonds is 4. The van der Waals surface area contributed by atoms with E-state index in [-0.39, 0.29) is 32.8 Å². The molecule has 1 saturated heterocycles.